The highest BCUT2D eigenvalue weighted by Gasteiger charge is 2.33. The molecule has 2 nitrogen and oxygen atoms in total. The maximum absolute atomic E-state index is 12.8. The van der Waals surface area contributed by atoms with E-state index < -0.39 is 17.6 Å². The lowest BCUT2D eigenvalue weighted by molar-refractivity contribution is -0.137. The van der Waals surface area contributed by atoms with E-state index in [0.717, 1.165) is 11.6 Å². The molecule has 0 aromatic heterocycles. The van der Waals surface area contributed by atoms with Gasteiger partial charge in [-0.15, -0.1) is 0 Å². The van der Waals surface area contributed by atoms with Gasteiger partial charge in [-0.3, -0.25) is 4.79 Å². The van der Waals surface area contributed by atoms with Gasteiger partial charge in [0, 0.05) is 0 Å². The molecule has 104 valence electrons. The predicted octanol–water partition coefficient (Wildman–Crippen LogP) is 3.89. The summed E-state index contributed by atoms with van der Waals surface area (Å²) < 4.78 is 38.3. The fourth-order valence-electron chi connectivity index (χ4n) is 1.81. The summed E-state index contributed by atoms with van der Waals surface area (Å²) in [5.41, 5.74) is -0.322. The van der Waals surface area contributed by atoms with Crippen molar-refractivity contribution in [1.29, 1.82) is 0 Å². The number of halogens is 3. The van der Waals surface area contributed by atoms with Crippen molar-refractivity contribution in [2.24, 2.45) is 0 Å². The molecule has 0 aliphatic heterocycles. The van der Waals surface area contributed by atoms with Crippen molar-refractivity contribution >= 4 is 11.6 Å². The van der Waals surface area contributed by atoms with Crippen LogP contribution in [0.4, 0.5) is 18.9 Å². The molecular formula is C15H12F3NO. The fourth-order valence-corrected chi connectivity index (χ4v) is 1.81. The van der Waals surface area contributed by atoms with Crippen LogP contribution in [0.15, 0.2) is 54.6 Å². The summed E-state index contributed by atoms with van der Waals surface area (Å²) in [5, 5.41) is 2.31. The average Bonchev–Trinajstić information content (AvgIpc) is 2.39. The third kappa shape index (κ3) is 3.60. The van der Waals surface area contributed by atoms with Gasteiger partial charge < -0.3 is 5.32 Å². The second-order valence-corrected chi connectivity index (χ2v) is 4.25. The van der Waals surface area contributed by atoms with Gasteiger partial charge in [-0.1, -0.05) is 42.5 Å². The molecular weight excluding hydrogens is 267 g/mol. The van der Waals surface area contributed by atoms with Gasteiger partial charge in [-0.05, 0) is 17.7 Å². The molecule has 0 radical (unpaired) electrons. The van der Waals surface area contributed by atoms with Crippen LogP contribution in [0.3, 0.4) is 0 Å². The smallest absolute Gasteiger partial charge is 0.325 e. The van der Waals surface area contributed by atoms with E-state index in [9.17, 15) is 18.0 Å². The Balaban J connectivity index is 2.13. The zero-order chi connectivity index (χ0) is 14.6. The highest BCUT2D eigenvalue weighted by Crippen LogP contribution is 2.34. The van der Waals surface area contributed by atoms with Crippen molar-refractivity contribution in [2.75, 3.05) is 5.32 Å². The number of hydrogen-bond acceptors (Lipinski definition) is 1. The number of anilines is 1. The minimum atomic E-state index is -4.49. The van der Waals surface area contributed by atoms with Crippen molar-refractivity contribution in [3.05, 3.63) is 65.7 Å². The molecule has 0 aliphatic rings. The Morgan fingerprint density at radius 3 is 2.20 bits per heavy atom. The number of hydrogen-bond donors (Lipinski definition) is 1. The number of carbonyl (C=O) groups excluding carboxylic acids is 1. The molecule has 0 bridgehead atoms. The lowest BCUT2D eigenvalue weighted by atomic mass is 10.1. The van der Waals surface area contributed by atoms with Crippen molar-refractivity contribution in [2.45, 2.75) is 12.6 Å². The number of para-hydroxylation sites is 1. The van der Waals surface area contributed by atoms with Crippen LogP contribution >= 0.6 is 0 Å². The lowest BCUT2D eigenvalue weighted by Gasteiger charge is -2.13. The van der Waals surface area contributed by atoms with Crippen molar-refractivity contribution in [3.63, 3.8) is 0 Å². The quantitative estimate of drug-likeness (QED) is 0.907. The SMILES string of the molecule is O=C(Cc1ccccc1)Nc1ccccc1C(F)(F)F. The maximum Gasteiger partial charge on any atom is 0.418 e. The van der Waals surface area contributed by atoms with Gasteiger partial charge in [0.15, 0.2) is 0 Å². The summed E-state index contributed by atoms with van der Waals surface area (Å²) in [6.45, 7) is 0. The normalized spacial score (nSPS) is 11.2. The third-order valence-corrected chi connectivity index (χ3v) is 2.71. The van der Waals surface area contributed by atoms with E-state index in [0.29, 0.717) is 0 Å². The molecule has 2 rings (SSSR count). The van der Waals surface area contributed by atoms with Crippen LogP contribution < -0.4 is 5.32 Å². The molecule has 0 atom stereocenters. The van der Waals surface area contributed by atoms with E-state index >= 15 is 0 Å². The summed E-state index contributed by atoms with van der Waals surface area (Å²) in [7, 11) is 0. The molecule has 0 fully saturated rings. The Labute approximate surface area is 114 Å². The van der Waals surface area contributed by atoms with Crippen molar-refractivity contribution in [1.82, 2.24) is 0 Å². The van der Waals surface area contributed by atoms with Gasteiger partial charge in [0.05, 0.1) is 17.7 Å². The van der Waals surface area contributed by atoms with Gasteiger partial charge >= 0.3 is 6.18 Å². The summed E-state index contributed by atoms with van der Waals surface area (Å²) >= 11 is 0. The molecule has 1 N–H and O–H groups in total. The first-order valence-electron chi connectivity index (χ1n) is 5.97. The van der Waals surface area contributed by atoms with Crippen LogP contribution in [0, 0.1) is 0 Å². The molecule has 0 aliphatic carbocycles. The zero-order valence-electron chi connectivity index (χ0n) is 10.4. The average molecular weight is 279 g/mol. The zero-order valence-corrected chi connectivity index (χ0v) is 10.4. The topological polar surface area (TPSA) is 29.1 Å². The molecule has 0 heterocycles. The first kappa shape index (κ1) is 14.1. The largest absolute Gasteiger partial charge is 0.418 e. The number of amides is 1. The van der Waals surface area contributed by atoms with Crippen molar-refractivity contribution in [3.8, 4) is 0 Å². The Hall–Kier alpha value is -2.30. The number of rotatable bonds is 3. The van der Waals surface area contributed by atoms with Crippen LogP contribution in [0.2, 0.25) is 0 Å². The molecule has 0 unspecified atom stereocenters. The molecule has 0 saturated carbocycles. The van der Waals surface area contributed by atoms with Crippen LogP contribution in [-0.2, 0) is 17.4 Å². The van der Waals surface area contributed by atoms with Crippen LogP contribution in [0.25, 0.3) is 0 Å². The second kappa shape index (κ2) is 5.77. The molecule has 0 saturated heterocycles. The van der Waals surface area contributed by atoms with Gasteiger partial charge in [0.1, 0.15) is 0 Å². The lowest BCUT2D eigenvalue weighted by Crippen LogP contribution is -2.18. The Morgan fingerprint density at radius 2 is 1.55 bits per heavy atom. The van der Waals surface area contributed by atoms with E-state index in [1.807, 2.05) is 0 Å². The van der Waals surface area contributed by atoms with Gasteiger partial charge in [0.25, 0.3) is 0 Å². The Morgan fingerprint density at radius 1 is 0.950 bits per heavy atom. The number of alkyl halides is 3. The highest BCUT2D eigenvalue weighted by molar-refractivity contribution is 5.93. The van der Waals surface area contributed by atoms with Crippen molar-refractivity contribution < 1.29 is 18.0 Å². The number of benzene rings is 2. The van der Waals surface area contributed by atoms with Crippen LogP contribution in [-0.4, -0.2) is 5.91 Å². The van der Waals surface area contributed by atoms with Gasteiger partial charge in [-0.2, -0.15) is 13.2 Å². The maximum atomic E-state index is 12.8. The Bertz CT molecular complexity index is 594. The van der Waals surface area contributed by atoms with Crippen LogP contribution in [0.5, 0.6) is 0 Å². The Kier molecular flexibility index (Phi) is 4.08. The molecule has 0 spiro atoms. The summed E-state index contributed by atoms with van der Waals surface area (Å²) in [4.78, 5) is 11.8. The minimum Gasteiger partial charge on any atom is -0.325 e. The highest BCUT2D eigenvalue weighted by atomic mass is 19.4. The first-order valence-corrected chi connectivity index (χ1v) is 5.97. The third-order valence-electron chi connectivity index (χ3n) is 2.71. The van der Waals surface area contributed by atoms with E-state index in [1.54, 1.807) is 30.3 Å². The molecule has 1 amide bonds. The predicted molar refractivity (Wildman–Crippen MR) is 70.2 cm³/mol. The number of carbonyl (C=O) groups is 1. The summed E-state index contributed by atoms with van der Waals surface area (Å²) in [6, 6.07) is 13.8. The van der Waals surface area contributed by atoms with E-state index in [-0.39, 0.29) is 12.1 Å². The van der Waals surface area contributed by atoms with E-state index in [4.69, 9.17) is 0 Å². The summed E-state index contributed by atoms with van der Waals surface area (Å²) in [5.74, 6) is -0.479. The molecule has 5 heteroatoms. The molecule has 2 aromatic carbocycles. The second-order valence-electron chi connectivity index (χ2n) is 4.25. The number of nitrogens with one attached hydrogen (secondary N) is 1. The van der Waals surface area contributed by atoms with E-state index in [2.05, 4.69) is 5.32 Å². The molecule has 20 heavy (non-hydrogen) atoms. The minimum absolute atomic E-state index is 0.0348. The monoisotopic (exact) mass is 279 g/mol. The van der Waals surface area contributed by atoms with Gasteiger partial charge in [0.2, 0.25) is 5.91 Å². The molecule has 2 aromatic rings. The fraction of sp³-hybridized carbons (Fsp3) is 0.133. The first-order chi connectivity index (χ1) is 9.47. The standard InChI is InChI=1S/C15H12F3NO/c16-15(17,18)12-8-4-5-9-13(12)19-14(20)10-11-6-2-1-3-7-11/h1-9H,10H2,(H,19,20). The summed E-state index contributed by atoms with van der Waals surface area (Å²) in [6.07, 6.45) is -4.45. The van der Waals surface area contributed by atoms with E-state index in [1.165, 1.54) is 18.2 Å². The van der Waals surface area contributed by atoms with Gasteiger partial charge in [-0.25, -0.2) is 0 Å². The van der Waals surface area contributed by atoms with Crippen LogP contribution in [0.1, 0.15) is 11.1 Å².